The van der Waals surface area contributed by atoms with Gasteiger partial charge in [0.25, 0.3) is 5.91 Å². The van der Waals surface area contributed by atoms with Crippen LogP contribution in [0.3, 0.4) is 0 Å². The van der Waals surface area contributed by atoms with Crippen molar-refractivity contribution in [2.45, 2.75) is 6.61 Å². The van der Waals surface area contributed by atoms with E-state index < -0.39 is 5.91 Å². The van der Waals surface area contributed by atoms with Crippen LogP contribution in [0.4, 0.5) is 0 Å². The van der Waals surface area contributed by atoms with Crippen molar-refractivity contribution in [2.24, 2.45) is 5.73 Å². The fourth-order valence-electron chi connectivity index (χ4n) is 1.78. The largest absolute Gasteiger partial charge is 0.496 e. The summed E-state index contributed by atoms with van der Waals surface area (Å²) in [6.07, 6.45) is 0. The number of nitrogens with two attached hydrogens (primary N) is 1. The number of amides is 1. The highest BCUT2D eigenvalue weighted by atomic mass is 16.5. The predicted molar refractivity (Wildman–Crippen MR) is 72.3 cm³/mol. The molecule has 4 nitrogen and oxygen atoms in total. The molecule has 0 saturated carbocycles. The lowest BCUT2D eigenvalue weighted by atomic mass is 10.1. The van der Waals surface area contributed by atoms with Crippen LogP contribution in [-0.4, -0.2) is 13.0 Å². The third-order valence-electron chi connectivity index (χ3n) is 2.69. The SMILES string of the molecule is COc1cccc(OCc2ccccc2)c1C(N)=O. The Morgan fingerprint density at radius 1 is 1.05 bits per heavy atom. The maximum Gasteiger partial charge on any atom is 0.256 e. The van der Waals surface area contributed by atoms with E-state index in [0.29, 0.717) is 18.1 Å². The summed E-state index contributed by atoms with van der Waals surface area (Å²) < 4.78 is 10.8. The van der Waals surface area contributed by atoms with Gasteiger partial charge in [0, 0.05) is 0 Å². The Morgan fingerprint density at radius 3 is 2.37 bits per heavy atom. The first kappa shape index (κ1) is 13.0. The zero-order valence-electron chi connectivity index (χ0n) is 10.6. The Labute approximate surface area is 111 Å². The predicted octanol–water partition coefficient (Wildman–Crippen LogP) is 2.37. The molecule has 2 aromatic rings. The second-order valence-electron chi connectivity index (χ2n) is 3.97. The smallest absolute Gasteiger partial charge is 0.256 e. The quantitative estimate of drug-likeness (QED) is 0.894. The first-order valence-electron chi connectivity index (χ1n) is 5.86. The highest BCUT2D eigenvalue weighted by Gasteiger charge is 2.15. The first-order chi connectivity index (χ1) is 9.22. The van der Waals surface area contributed by atoms with Crippen LogP contribution in [0.25, 0.3) is 0 Å². The highest BCUT2D eigenvalue weighted by Crippen LogP contribution is 2.28. The van der Waals surface area contributed by atoms with Gasteiger partial charge in [0.2, 0.25) is 0 Å². The van der Waals surface area contributed by atoms with Gasteiger partial charge in [-0.1, -0.05) is 36.4 Å². The first-order valence-corrected chi connectivity index (χ1v) is 5.86. The van der Waals surface area contributed by atoms with Crippen molar-refractivity contribution >= 4 is 5.91 Å². The fraction of sp³-hybridized carbons (Fsp3) is 0.133. The summed E-state index contributed by atoms with van der Waals surface area (Å²) >= 11 is 0. The van der Waals surface area contributed by atoms with E-state index in [1.54, 1.807) is 18.2 Å². The van der Waals surface area contributed by atoms with Crippen molar-refractivity contribution in [3.05, 3.63) is 59.7 Å². The Hall–Kier alpha value is -2.49. The van der Waals surface area contributed by atoms with E-state index in [-0.39, 0.29) is 5.56 Å². The molecule has 19 heavy (non-hydrogen) atoms. The van der Waals surface area contributed by atoms with E-state index in [9.17, 15) is 4.79 Å². The summed E-state index contributed by atoms with van der Waals surface area (Å²) in [5.74, 6) is 0.272. The van der Waals surface area contributed by atoms with Gasteiger partial charge >= 0.3 is 0 Å². The summed E-state index contributed by atoms with van der Waals surface area (Å²) in [7, 11) is 1.49. The molecular weight excluding hydrogens is 242 g/mol. The van der Waals surface area contributed by atoms with Gasteiger partial charge in [-0.3, -0.25) is 4.79 Å². The van der Waals surface area contributed by atoms with Crippen molar-refractivity contribution in [3.8, 4) is 11.5 Å². The molecule has 98 valence electrons. The number of hydrogen-bond donors (Lipinski definition) is 1. The maximum absolute atomic E-state index is 11.5. The number of carbonyl (C=O) groups excluding carboxylic acids is 1. The van der Waals surface area contributed by atoms with Crippen molar-refractivity contribution in [2.75, 3.05) is 7.11 Å². The van der Waals surface area contributed by atoms with Crippen LogP contribution < -0.4 is 15.2 Å². The van der Waals surface area contributed by atoms with Crippen LogP contribution in [-0.2, 0) is 6.61 Å². The standard InChI is InChI=1S/C15H15NO3/c1-18-12-8-5-9-13(14(12)15(16)17)19-10-11-6-3-2-4-7-11/h2-9H,10H2,1H3,(H2,16,17). The van der Waals surface area contributed by atoms with Crippen molar-refractivity contribution in [1.82, 2.24) is 0 Å². The Kier molecular flexibility index (Phi) is 4.03. The lowest BCUT2D eigenvalue weighted by Crippen LogP contribution is -2.14. The van der Waals surface area contributed by atoms with E-state index in [2.05, 4.69) is 0 Å². The molecule has 2 rings (SSSR count). The second kappa shape index (κ2) is 5.91. The van der Waals surface area contributed by atoms with Crippen molar-refractivity contribution < 1.29 is 14.3 Å². The molecule has 0 aliphatic heterocycles. The summed E-state index contributed by atoms with van der Waals surface area (Å²) in [5.41, 5.74) is 6.64. The number of carbonyl (C=O) groups is 1. The van der Waals surface area contributed by atoms with Gasteiger partial charge in [-0.25, -0.2) is 0 Å². The van der Waals surface area contributed by atoms with Gasteiger partial charge in [-0.05, 0) is 17.7 Å². The van der Waals surface area contributed by atoms with Crippen LogP contribution in [0.15, 0.2) is 48.5 Å². The number of ether oxygens (including phenoxy) is 2. The van der Waals surface area contributed by atoms with E-state index in [4.69, 9.17) is 15.2 Å². The van der Waals surface area contributed by atoms with E-state index in [1.807, 2.05) is 30.3 Å². The highest BCUT2D eigenvalue weighted by molar-refractivity contribution is 5.98. The lowest BCUT2D eigenvalue weighted by Gasteiger charge is -2.12. The average Bonchev–Trinajstić information content (AvgIpc) is 2.45. The molecule has 1 amide bonds. The minimum atomic E-state index is -0.569. The molecular formula is C15H15NO3. The maximum atomic E-state index is 11.5. The summed E-state index contributed by atoms with van der Waals surface area (Å²) in [6, 6.07) is 14.8. The van der Waals surface area contributed by atoms with Crippen LogP contribution in [0.2, 0.25) is 0 Å². The second-order valence-corrected chi connectivity index (χ2v) is 3.97. The van der Waals surface area contributed by atoms with Gasteiger partial charge in [-0.2, -0.15) is 0 Å². The third-order valence-corrected chi connectivity index (χ3v) is 2.69. The summed E-state index contributed by atoms with van der Waals surface area (Å²) in [4.78, 5) is 11.5. The molecule has 0 aromatic heterocycles. The molecule has 0 spiro atoms. The minimum absolute atomic E-state index is 0.265. The van der Waals surface area contributed by atoms with Crippen LogP contribution in [0.1, 0.15) is 15.9 Å². The fourth-order valence-corrected chi connectivity index (χ4v) is 1.78. The third kappa shape index (κ3) is 3.04. The number of rotatable bonds is 5. The monoisotopic (exact) mass is 257 g/mol. The molecule has 2 N–H and O–H groups in total. The van der Waals surface area contributed by atoms with Crippen LogP contribution in [0.5, 0.6) is 11.5 Å². The zero-order valence-corrected chi connectivity index (χ0v) is 10.6. The van der Waals surface area contributed by atoms with Crippen molar-refractivity contribution in [1.29, 1.82) is 0 Å². The topological polar surface area (TPSA) is 61.6 Å². The minimum Gasteiger partial charge on any atom is -0.496 e. The molecule has 0 saturated heterocycles. The molecule has 0 fully saturated rings. The number of methoxy groups -OCH3 is 1. The van der Waals surface area contributed by atoms with Crippen LogP contribution in [0, 0.1) is 0 Å². The van der Waals surface area contributed by atoms with E-state index >= 15 is 0 Å². The molecule has 0 atom stereocenters. The van der Waals surface area contributed by atoms with Gasteiger partial charge in [-0.15, -0.1) is 0 Å². The normalized spacial score (nSPS) is 9.95. The van der Waals surface area contributed by atoms with E-state index in [1.165, 1.54) is 7.11 Å². The summed E-state index contributed by atoms with van der Waals surface area (Å²) in [6.45, 7) is 0.369. The Balaban J connectivity index is 2.23. The van der Waals surface area contributed by atoms with Gasteiger partial charge in [0.05, 0.1) is 7.11 Å². The molecule has 0 aliphatic carbocycles. The molecule has 2 aromatic carbocycles. The number of primary amides is 1. The van der Waals surface area contributed by atoms with E-state index in [0.717, 1.165) is 5.56 Å². The van der Waals surface area contributed by atoms with Gasteiger partial charge in [0.15, 0.2) is 0 Å². The molecule has 0 heterocycles. The van der Waals surface area contributed by atoms with Gasteiger partial charge in [0.1, 0.15) is 23.7 Å². The van der Waals surface area contributed by atoms with Gasteiger partial charge < -0.3 is 15.2 Å². The molecule has 0 unspecified atom stereocenters. The number of hydrogen-bond acceptors (Lipinski definition) is 3. The molecule has 0 radical (unpaired) electrons. The van der Waals surface area contributed by atoms with Crippen LogP contribution >= 0.6 is 0 Å². The average molecular weight is 257 g/mol. The summed E-state index contributed by atoms with van der Waals surface area (Å²) in [5, 5.41) is 0. The number of benzene rings is 2. The zero-order chi connectivity index (χ0) is 13.7. The molecule has 0 aliphatic rings. The Morgan fingerprint density at radius 2 is 1.74 bits per heavy atom. The molecule has 0 bridgehead atoms. The lowest BCUT2D eigenvalue weighted by molar-refractivity contribution is 0.0992. The molecule has 4 heteroatoms. The Bertz CT molecular complexity index is 567. The van der Waals surface area contributed by atoms with Crippen molar-refractivity contribution in [3.63, 3.8) is 0 Å².